The van der Waals surface area contributed by atoms with Crippen LogP contribution < -0.4 is 19.5 Å². The van der Waals surface area contributed by atoms with Crippen LogP contribution in [0, 0.1) is 0 Å². The third-order valence-corrected chi connectivity index (χ3v) is 5.38. The van der Waals surface area contributed by atoms with Gasteiger partial charge in [-0.2, -0.15) is 0 Å². The van der Waals surface area contributed by atoms with E-state index in [0.717, 1.165) is 30.2 Å². The van der Waals surface area contributed by atoms with Crippen LogP contribution in [-0.2, 0) is 6.42 Å². The van der Waals surface area contributed by atoms with E-state index in [-0.39, 0.29) is 0 Å². The number of rotatable bonds is 5. The van der Waals surface area contributed by atoms with Crippen molar-refractivity contribution in [2.24, 2.45) is 0 Å². The lowest BCUT2D eigenvalue weighted by Gasteiger charge is -2.17. The van der Waals surface area contributed by atoms with Gasteiger partial charge in [0, 0.05) is 6.04 Å². The van der Waals surface area contributed by atoms with E-state index in [2.05, 4.69) is 35.6 Å². The number of ether oxygens (including phenoxy) is 3. The van der Waals surface area contributed by atoms with Crippen molar-refractivity contribution in [3.63, 3.8) is 0 Å². The van der Waals surface area contributed by atoms with Crippen molar-refractivity contribution in [2.75, 3.05) is 27.9 Å². The molecule has 4 nitrogen and oxygen atoms in total. The molecule has 1 heterocycles. The summed E-state index contributed by atoms with van der Waals surface area (Å²) in [6, 6.07) is 13.3. The minimum atomic E-state index is 0.544. The first-order valence-corrected chi connectivity index (χ1v) is 9.12. The third-order valence-electron chi connectivity index (χ3n) is 5.38. The maximum Gasteiger partial charge on any atom is 0.161 e. The van der Waals surface area contributed by atoms with Crippen LogP contribution in [0.3, 0.4) is 0 Å². The quantitative estimate of drug-likeness (QED) is 0.695. The van der Waals surface area contributed by atoms with Gasteiger partial charge in [0.05, 0.1) is 21.3 Å². The van der Waals surface area contributed by atoms with Crippen LogP contribution >= 0.6 is 0 Å². The molecule has 3 aromatic carbocycles. The number of hydrogen-bond donors (Lipinski definition) is 1. The summed E-state index contributed by atoms with van der Waals surface area (Å²) in [5.74, 6) is 2.38. The Hall–Kier alpha value is -2.46. The lowest BCUT2D eigenvalue weighted by atomic mass is 9.92. The van der Waals surface area contributed by atoms with Crippen molar-refractivity contribution < 1.29 is 14.2 Å². The average molecular weight is 351 g/mol. The third kappa shape index (κ3) is 2.95. The monoisotopic (exact) mass is 351 g/mol. The van der Waals surface area contributed by atoms with Gasteiger partial charge in [-0.25, -0.2) is 0 Å². The molecule has 0 amide bonds. The molecular formula is C22H25NO3. The molecule has 1 N–H and O–H groups in total. The molecule has 1 aliphatic rings. The van der Waals surface area contributed by atoms with Crippen molar-refractivity contribution >= 4 is 21.5 Å². The summed E-state index contributed by atoms with van der Waals surface area (Å²) in [7, 11) is 5.07. The molecule has 0 bridgehead atoms. The largest absolute Gasteiger partial charge is 0.497 e. The molecule has 0 aliphatic carbocycles. The number of benzene rings is 3. The molecule has 1 fully saturated rings. The summed E-state index contributed by atoms with van der Waals surface area (Å²) in [5, 5.41) is 8.39. The first-order chi connectivity index (χ1) is 12.7. The van der Waals surface area contributed by atoms with Gasteiger partial charge in [-0.15, -0.1) is 0 Å². The highest BCUT2D eigenvalue weighted by Crippen LogP contribution is 2.39. The van der Waals surface area contributed by atoms with E-state index in [1.807, 2.05) is 6.07 Å². The van der Waals surface area contributed by atoms with Gasteiger partial charge < -0.3 is 19.5 Å². The van der Waals surface area contributed by atoms with E-state index in [1.54, 1.807) is 21.3 Å². The summed E-state index contributed by atoms with van der Waals surface area (Å²) < 4.78 is 16.6. The zero-order chi connectivity index (χ0) is 18.1. The van der Waals surface area contributed by atoms with Crippen molar-refractivity contribution in [1.82, 2.24) is 5.32 Å². The standard InChI is InChI=1S/C22H25NO3/c1-24-17-7-6-14-9-15(10-16-5-4-8-23-16)19-12-21(25-2)22(26-3)13-20(19)18(14)11-17/h6-7,9,11-13,16,23H,4-5,8,10H2,1-3H3/t16-/m0/s1. The fourth-order valence-electron chi connectivity index (χ4n) is 4.02. The van der Waals surface area contributed by atoms with Crippen molar-refractivity contribution in [3.8, 4) is 17.2 Å². The average Bonchev–Trinajstić information content (AvgIpc) is 3.19. The summed E-state index contributed by atoms with van der Waals surface area (Å²) in [6.45, 7) is 1.12. The first-order valence-electron chi connectivity index (χ1n) is 9.12. The predicted octanol–water partition coefficient (Wildman–Crippen LogP) is 4.31. The van der Waals surface area contributed by atoms with Gasteiger partial charge in [-0.1, -0.05) is 12.1 Å². The van der Waals surface area contributed by atoms with Crippen molar-refractivity contribution in [3.05, 3.63) is 42.0 Å². The number of hydrogen-bond acceptors (Lipinski definition) is 4. The molecule has 136 valence electrons. The van der Waals surface area contributed by atoms with Crippen LogP contribution in [0.2, 0.25) is 0 Å². The van der Waals surface area contributed by atoms with Gasteiger partial charge in [-0.05, 0) is 77.2 Å². The van der Waals surface area contributed by atoms with Crippen LogP contribution in [-0.4, -0.2) is 33.9 Å². The Morgan fingerprint density at radius 2 is 1.65 bits per heavy atom. The van der Waals surface area contributed by atoms with Crippen LogP contribution in [0.1, 0.15) is 18.4 Å². The molecule has 4 rings (SSSR count). The van der Waals surface area contributed by atoms with E-state index < -0.39 is 0 Å². The predicted molar refractivity (Wildman–Crippen MR) is 106 cm³/mol. The molecule has 26 heavy (non-hydrogen) atoms. The molecular weight excluding hydrogens is 326 g/mol. The van der Waals surface area contributed by atoms with E-state index in [0.29, 0.717) is 6.04 Å². The summed E-state index contributed by atoms with van der Waals surface area (Å²) in [6.07, 6.45) is 3.51. The van der Waals surface area contributed by atoms with Gasteiger partial charge in [0.25, 0.3) is 0 Å². The highest BCUT2D eigenvalue weighted by molar-refractivity contribution is 6.10. The van der Waals surface area contributed by atoms with Crippen LogP contribution in [0.4, 0.5) is 0 Å². The smallest absolute Gasteiger partial charge is 0.161 e. The lowest BCUT2D eigenvalue weighted by Crippen LogP contribution is -2.23. The zero-order valence-corrected chi connectivity index (χ0v) is 15.6. The zero-order valence-electron chi connectivity index (χ0n) is 15.6. The Kier molecular flexibility index (Phi) is 4.60. The Labute approximate surface area is 154 Å². The second-order valence-electron chi connectivity index (χ2n) is 6.87. The lowest BCUT2D eigenvalue weighted by molar-refractivity contribution is 0.356. The molecule has 1 saturated heterocycles. The van der Waals surface area contributed by atoms with E-state index in [4.69, 9.17) is 14.2 Å². The fourth-order valence-corrected chi connectivity index (χ4v) is 4.02. The maximum absolute atomic E-state index is 5.56. The van der Waals surface area contributed by atoms with Gasteiger partial charge in [0.15, 0.2) is 11.5 Å². The minimum Gasteiger partial charge on any atom is -0.497 e. The van der Waals surface area contributed by atoms with E-state index in [1.165, 1.54) is 39.9 Å². The van der Waals surface area contributed by atoms with Gasteiger partial charge in [0.2, 0.25) is 0 Å². The fraction of sp³-hybridized carbons (Fsp3) is 0.364. The second-order valence-corrected chi connectivity index (χ2v) is 6.87. The van der Waals surface area contributed by atoms with E-state index >= 15 is 0 Å². The van der Waals surface area contributed by atoms with Gasteiger partial charge in [0.1, 0.15) is 5.75 Å². The Bertz CT molecular complexity index is 945. The van der Waals surface area contributed by atoms with Gasteiger partial charge in [-0.3, -0.25) is 0 Å². The highest BCUT2D eigenvalue weighted by atomic mass is 16.5. The molecule has 3 aromatic rings. The molecule has 1 aliphatic heterocycles. The molecule has 1 atom stereocenters. The van der Waals surface area contributed by atoms with E-state index in [9.17, 15) is 0 Å². The van der Waals surface area contributed by atoms with Crippen LogP contribution in [0.5, 0.6) is 17.2 Å². The topological polar surface area (TPSA) is 39.7 Å². The molecule has 4 heteroatoms. The van der Waals surface area contributed by atoms with Crippen LogP contribution in [0.25, 0.3) is 21.5 Å². The van der Waals surface area contributed by atoms with Crippen molar-refractivity contribution in [2.45, 2.75) is 25.3 Å². The first kappa shape index (κ1) is 17.0. The van der Waals surface area contributed by atoms with Crippen LogP contribution in [0.15, 0.2) is 36.4 Å². The molecule has 0 saturated carbocycles. The second kappa shape index (κ2) is 7.04. The van der Waals surface area contributed by atoms with Gasteiger partial charge >= 0.3 is 0 Å². The van der Waals surface area contributed by atoms with Crippen molar-refractivity contribution in [1.29, 1.82) is 0 Å². The molecule has 0 radical (unpaired) electrons. The summed E-state index contributed by atoms with van der Waals surface area (Å²) in [5.41, 5.74) is 1.35. The number of methoxy groups -OCH3 is 3. The molecule has 0 aromatic heterocycles. The molecule has 0 spiro atoms. The Morgan fingerprint density at radius 1 is 0.885 bits per heavy atom. The normalized spacial score (nSPS) is 17.0. The summed E-state index contributed by atoms with van der Waals surface area (Å²) in [4.78, 5) is 0. The highest BCUT2D eigenvalue weighted by Gasteiger charge is 2.18. The molecule has 0 unspecified atom stereocenters. The number of nitrogens with one attached hydrogen (secondary N) is 1. The number of fused-ring (bicyclic) bond motifs is 3. The Balaban J connectivity index is 1.98. The maximum atomic E-state index is 5.56. The minimum absolute atomic E-state index is 0.544. The SMILES string of the molecule is COc1ccc2cc(C[C@@H]3CCCN3)c3cc(OC)c(OC)cc3c2c1. The Morgan fingerprint density at radius 3 is 2.31 bits per heavy atom. The summed E-state index contributed by atoms with van der Waals surface area (Å²) >= 11 is 0.